The fourth-order valence-corrected chi connectivity index (χ4v) is 2.56. The molecule has 1 fully saturated rings. The van der Waals surface area contributed by atoms with Crippen molar-refractivity contribution < 1.29 is 4.79 Å². The maximum Gasteiger partial charge on any atom is 0.233 e. The zero-order chi connectivity index (χ0) is 13.5. The number of thioether (sulfide) groups is 1. The van der Waals surface area contributed by atoms with Crippen molar-refractivity contribution >= 4 is 29.3 Å². The number of amides is 1. The third kappa shape index (κ3) is 6.32. The van der Waals surface area contributed by atoms with E-state index >= 15 is 0 Å². The molecule has 0 saturated heterocycles. The molecule has 0 aliphatic heterocycles. The van der Waals surface area contributed by atoms with Gasteiger partial charge in [0.2, 0.25) is 5.91 Å². The molecule has 0 bridgehead atoms. The quantitative estimate of drug-likeness (QED) is 0.572. The molecule has 1 aromatic rings. The standard InChI is InChI=1S/C14H19ClN2OS/c15-12-3-5-13(6-4-12)19-8-7-17-14(18)10-16-9-11-1-2-11/h3-6,11,16H,1-2,7-10H2,(H,17,18). The van der Waals surface area contributed by atoms with Crippen LogP contribution in [0.25, 0.3) is 0 Å². The average molecular weight is 299 g/mol. The maximum atomic E-state index is 11.5. The van der Waals surface area contributed by atoms with E-state index in [0.29, 0.717) is 13.1 Å². The molecule has 104 valence electrons. The summed E-state index contributed by atoms with van der Waals surface area (Å²) in [4.78, 5) is 12.7. The van der Waals surface area contributed by atoms with Crippen molar-refractivity contribution in [1.29, 1.82) is 0 Å². The van der Waals surface area contributed by atoms with Gasteiger partial charge in [0.1, 0.15) is 0 Å². The first-order valence-corrected chi connectivity index (χ1v) is 7.96. The minimum absolute atomic E-state index is 0.0809. The van der Waals surface area contributed by atoms with E-state index in [1.165, 1.54) is 17.7 Å². The molecule has 1 aliphatic rings. The summed E-state index contributed by atoms with van der Waals surface area (Å²) in [6.07, 6.45) is 2.62. The van der Waals surface area contributed by atoms with Crippen LogP contribution in [0.3, 0.4) is 0 Å². The Morgan fingerprint density at radius 2 is 2.05 bits per heavy atom. The van der Waals surface area contributed by atoms with Crippen LogP contribution < -0.4 is 10.6 Å². The van der Waals surface area contributed by atoms with E-state index in [4.69, 9.17) is 11.6 Å². The first kappa shape index (κ1) is 14.7. The number of rotatable bonds is 8. The van der Waals surface area contributed by atoms with Gasteiger partial charge in [0.25, 0.3) is 0 Å². The Morgan fingerprint density at radius 1 is 1.32 bits per heavy atom. The van der Waals surface area contributed by atoms with Gasteiger partial charge in [-0.2, -0.15) is 0 Å². The van der Waals surface area contributed by atoms with Gasteiger partial charge in [-0.3, -0.25) is 4.79 Å². The summed E-state index contributed by atoms with van der Waals surface area (Å²) >= 11 is 7.53. The van der Waals surface area contributed by atoms with Crippen LogP contribution in [0.1, 0.15) is 12.8 Å². The van der Waals surface area contributed by atoms with Gasteiger partial charge >= 0.3 is 0 Å². The van der Waals surface area contributed by atoms with E-state index in [-0.39, 0.29) is 5.91 Å². The monoisotopic (exact) mass is 298 g/mol. The summed E-state index contributed by atoms with van der Waals surface area (Å²) in [5.41, 5.74) is 0. The largest absolute Gasteiger partial charge is 0.354 e. The number of hydrogen-bond donors (Lipinski definition) is 2. The Morgan fingerprint density at radius 3 is 2.74 bits per heavy atom. The highest BCUT2D eigenvalue weighted by molar-refractivity contribution is 7.99. The molecule has 1 amide bonds. The van der Waals surface area contributed by atoms with Gasteiger partial charge in [-0.15, -0.1) is 11.8 Å². The summed E-state index contributed by atoms with van der Waals surface area (Å²) in [7, 11) is 0. The highest BCUT2D eigenvalue weighted by Crippen LogP contribution is 2.27. The van der Waals surface area contributed by atoms with Gasteiger partial charge in [-0.05, 0) is 49.6 Å². The molecule has 0 heterocycles. The fourth-order valence-electron chi connectivity index (χ4n) is 1.66. The number of carbonyl (C=O) groups is 1. The molecule has 3 nitrogen and oxygen atoms in total. The minimum atomic E-state index is 0.0809. The molecule has 0 radical (unpaired) electrons. The zero-order valence-corrected chi connectivity index (χ0v) is 12.4. The number of nitrogens with one attached hydrogen (secondary N) is 2. The minimum Gasteiger partial charge on any atom is -0.354 e. The topological polar surface area (TPSA) is 41.1 Å². The highest BCUT2D eigenvalue weighted by atomic mass is 35.5. The predicted octanol–water partition coefficient (Wildman–Crippen LogP) is 2.55. The van der Waals surface area contributed by atoms with E-state index in [2.05, 4.69) is 10.6 Å². The van der Waals surface area contributed by atoms with E-state index in [1.807, 2.05) is 24.3 Å². The maximum absolute atomic E-state index is 11.5. The molecule has 1 aliphatic carbocycles. The van der Waals surface area contributed by atoms with E-state index in [0.717, 1.165) is 23.2 Å². The average Bonchev–Trinajstić information content (AvgIpc) is 3.21. The Labute approximate surface area is 123 Å². The van der Waals surface area contributed by atoms with Crippen LogP contribution >= 0.6 is 23.4 Å². The molecule has 0 spiro atoms. The van der Waals surface area contributed by atoms with Crippen molar-refractivity contribution in [1.82, 2.24) is 10.6 Å². The lowest BCUT2D eigenvalue weighted by Gasteiger charge is -2.06. The molecule has 19 heavy (non-hydrogen) atoms. The van der Waals surface area contributed by atoms with Gasteiger partial charge in [-0.1, -0.05) is 11.6 Å². The lowest BCUT2D eigenvalue weighted by atomic mass is 10.4. The van der Waals surface area contributed by atoms with Gasteiger partial charge in [0.15, 0.2) is 0 Å². The van der Waals surface area contributed by atoms with Crippen LogP contribution in [0.5, 0.6) is 0 Å². The third-order valence-electron chi connectivity index (χ3n) is 2.92. The lowest BCUT2D eigenvalue weighted by Crippen LogP contribution is -2.35. The number of halogens is 1. The molecule has 5 heteroatoms. The number of carbonyl (C=O) groups excluding carboxylic acids is 1. The van der Waals surface area contributed by atoms with E-state index in [9.17, 15) is 4.79 Å². The second-order valence-corrected chi connectivity index (χ2v) is 6.33. The number of benzene rings is 1. The van der Waals surface area contributed by atoms with Crippen LogP contribution in [0.4, 0.5) is 0 Å². The van der Waals surface area contributed by atoms with Crippen molar-refractivity contribution in [2.75, 3.05) is 25.4 Å². The van der Waals surface area contributed by atoms with Crippen LogP contribution in [-0.4, -0.2) is 31.3 Å². The van der Waals surface area contributed by atoms with Crippen molar-refractivity contribution in [3.8, 4) is 0 Å². The molecule has 0 atom stereocenters. The molecule has 0 unspecified atom stereocenters. The van der Waals surface area contributed by atoms with E-state index in [1.54, 1.807) is 11.8 Å². The smallest absolute Gasteiger partial charge is 0.233 e. The van der Waals surface area contributed by atoms with Crippen molar-refractivity contribution in [3.05, 3.63) is 29.3 Å². The second-order valence-electron chi connectivity index (χ2n) is 4.73. The Hall–Kier alpha value is -0.710. The van der Waals surface area contributed by atoms with Gasteiger partial charge in [0.05, 0.1) is 6.54 Å². The second kappa shape index (κ2) is 7.78. The molecule has 0 aromatic heterocycles. The van der Waals surface area contributed by atoms with Crippen molar-refractivity contribution in [2.45, 2.75) is 17.7 Å². The van der Waals surface area contributed by atoms with Crippen LogP contribution in [0.2, 0.25) is 5.02 Å². The van der Waals surface area contributed by atoms with Crippen LogP contribution in [0.15, 0.2) is 29.2 Å². The lowest BCUT2D eigenvalue weighted by molar-refractivity contribution is -0.120. The SMILES string of the molecule is O=C(CNCC1CC1)NCCSc1ccc(Cl)cc1. The molecule has 1 saturated carbocycles. The normalized spacial score (nSPS) is 14.4. The van der Waals surface area contributed by atoms with Gasteiger partial charge < -0.3 is 10.6 Å². The Kier molecular flexibility index (Phi) is 6.01. The van der Waals surface area contributed by atoms with Gasteiger partial charge in [0, 0.05) is 22.2 Å². The molecule has 1 aromatic carbocycles. The predicted molar refractivity (Wildman–Crippen MR) is 80.8 cm³/mol. The Balaban J connectivity index is 1.50. The van der Waals surface area contributed by atoms with Crippen LogP contribution in [-0.2, 0) is 4.79 Å². The Bertz CT molecular complexity index is 406. The zero-order valence-electron chi connectivity index (χ0n) is 10.8. The van der Waals surface area contributed by atoms with Crippen molar-refractivity contribution in [3.63, 3.8) is 0 Å². The molecular formula is C14H19ClN2OS. The highest BCUT2D eigenvalue weighted by Gasteiger charge is 2.20. The number of hydrogen-bond acceptors (Lipinski definition) is 3. The van der Waals surface area contributed by atoms with Gasteiger partial charge in [-0.25, -0.2) is 0 Å². The fraction of sp³-hybridized carbons (Fsp3) is 0.500. The summed E-state index contributed by atoms with van der Waals surface area (Å²) < 4.78 is 0. The molecule has 2 N–H and O–H groups in total. The molecular weight excluding hydrogens is 280 g/mol. The summed E-state index contributed by atoms with van der Waals surface area (Å²) in [5.74, 6) is 1.77. The summed E-state index contributed by atoms with van der Waals surface area (Å²) in [6.45, 7) is 2.10. The van der Waals surface area contributed by atoms with E-state index < -0.39 is 0 Å². The third-order valence-corrected chi connectivity index (χ3v) is 4.19. The summed E-state index contributed by atoms with van der Waals surface area (Å²) in [5, 5.41) is 6.84. The van der Waals surface area contributed by atoms with Crippen LogP contribution in [0, 0.1) is 5.92 Å². The molecule has 2 rings (SSSR count). The van der Waals surface area contributed by atoms with Crippen molar-refractivity contribution in [2.24, 2.45) is 5.92 Å². The first-order chi connectivity index (χ1) is 9.24. The first-order valence-electron chi connectivity index (χ1n) is 6.60. The summed E-state index contributed by atoms with van der Waals surface area (Å²) in [6, 6.07) is 7.74.